The average molecular weight is 295 g/mol. The maximum absolute atomic E-state index is 13.4. The minimum Gasteiger partial charge on any atom is -0.295 e. The highest BCUT2D eigenvalue weighted by Crippen LogP contribution is 2.16. The lowest BCUT2D eigenvalue weighted by atomic mass is 10.2. The van der Waals surface area contributed by atoms with Crippen molar-refractivity contribution in [3.63, 3.8) is 0 Å². The molecule has 100 valence electrons. The zero-order valence-electron chi connectivity index (χ0n) is 8.81. The Hall–Kier alpha value is -2.09. The fourth-order valence-corrected chi connectivity index (χ4v) is 1.55. The molecule has 1 heterocycles. The third-order valence-corrected chi connectivity index (χ3v) is 2.49. The van der Waals surface area contributed by atoms with E-state index in [1.165, 1.54) is 0 Å². The van der Waals surface area contributed by atoms with Crippen LogP contribution >= 0.6 is 11.6 Å². The summed E-state index contributed by atoms with van der Waals surface area (Å²) in [6.45, 7) is 0. The molecule has 0 aliphatic heterocycles. The maximum atomic E-state index is 13.4. The predicted molar refractivity (Wildman–Crippen MR) is 57.5 cm³/mol. The molecule has 0 amide bonds. The zero-order chi connectivity index (χ0) is 14.3. The van der Waals surface area contributed by atoms with Crippen molar-refractivity contribution in [1.82, 2.24) is 9.55 Å². The molecule has 9 heteroatoms. The molecule has 1 aromatic carbocycles. The van der Waals surface area contributed by atoms with E-state index >= 15 is 0 Å². The molecule has 4 nitrogen and oxygen atoms in total. The number of hydrogen-bond donors (Lipinski definition) is 1. The first-order chi connectivity index (χ1) is 8.82. The highest BCUT2D eigenvalue weighted by atomic mass is 35.5. The molecule has 0 saturated carbocycles. The minimum atomic E-state index is -1.58. The van der Waals surface area contributed by atoms with Crippen LogP contribution in [0.15, 0.2) is 21.7 Å². The second kappa shape index (κ2) is 4.54. The smallest absolute Gasteiger partial charge is 0.295 e. The summed E-state index contributed by atoms with van der Waals surface area (Å²) in [5.74, 6) is -5.98. The number of aromatic amines is 1. The van der Waals surface area contributed by atoms with Crippen molar-refractivity contribution in [3.05, 3.63) is 61.4 Å². The Bertz CT molecular complexity index is 784. The fraction of sp³-hybridized carbons (Fsp3) is 0. The monoisotopic (exact) mass is 294 g/mol. The van der Waals surface area contributed by atoms with Crippen LogP contribution in [0, 0.1) is 23.3 Å². The van der Waals surface area contributed by atoms with Gasteiger partial charge in [-0.05, 0) is 0 Å². The SMILES string of the molecule is O=c1[nH]c(Cl)c(F)c(=O)n1-c1cc(F)c(F)cc1F. The molecular formula is C10H3ClF4N2O2. The van der Waals surface area contributed by atoms with Crippen LogP contribution in [0.5, 0.6) is 0 Å². The predicted octanol–water partition coefficient (Wildman–Crippen LogP) is 1.74. The summed E-state index contributed by atoms with van der Waals surface area (Å²) in [5, 5.41) is -0.866. The molecule has 0 atom stereocenters. The average Bonchev–Trinajstić information content (AvgIpc) is 2.33. The molecule has 2 rings (SSSR count). The van der Waals surface area contributed by atoms with Crippen LogP contribution in [0.4, 0.5) is 17.6 Å². The Morgan fingerprint density at radius 2 is 1.58 bits per heavy atom. The number of rotatable bonds is 1. The number of H-pyrrole nitrogens is 1. The highest BCUT2D eigenvalue weighted by molar-refractivity contribution is 6.29. The number of hydrogen-bond acceptors (Lipinski definition) is 2. The van der Waals surface area contributed by atoms with E-state index in [2.05, 4.69) is 0 Å². The number of nitrogens with zero attached hydrogens (tertiary/aromatic N) is 1. The highest BCUT2D eigenvalue weighted by Gasteiger charge is 2.18. The van der Waals surface area contributed by atoms with E-state index in [1.54, 1.807) is 4.98 Å². The summed E-state index contributed by atoms with van der Waals surface area (Å²) in [4.78, 5) is 24.6. The second-order valence-corrected chi connectivity index (χ2v) is 3.79. The fourth-order valence-electron chi connectivity index (χ4n) is 1.39. The molecule has 0 saturated heterocycles. The van der Waals surface area contributed by atoms with Gasteiger partial charge in [-0.1, -0.05) is 11.6 Å². The van der Waals surface area contributed by atoms with Crippen LogP contribution in [-0.2, 0) is 0 Å². The standard InChI is InChI=1S/C10H3ClF4N2O2/c11-8-7(15)9(18)17(10(19)16-8)6-2-4(13)3(12)1-5(6)14/h1-2H,(H,16,19). The van der Waals surface area contributed by atoms with Gasteiger partial charge in [0.25, 0.3) is 5.56 Å². The summed E-state index contributed by atoms with van der Waals surface area (Å²) in [6.07, 6.45) is 0. The van der Waals surface area contributed by atoms with E-state index in [0.29, 0.717) is 0 Å². The summed E-state index contributed by atoms with van der Waals surface area (Å²) < 4.78 is 52.4. The van der Waals surface area contributed by atoms with E-state index in [1.807, 2.05) is 0 Å². The molecule has 0 bridgehead atoms. The molecule has 0 radical (unpaired) electrons. The quantitative estimate of drug-likeness (QED) is 0.495. The molecule has 0 aliphatic carbocycles. The van der Waals surface area contributed by atoms with Gasteiger partial charge >= 0.3 is 5.69 Å². The van der Waals surface area contributed by atoms with E-state index in [4.69, 9.17) is 11.6 Å². The van der Waals surface area contributed by atoms with Gasteiger partial charge in [-0.2, -0.15) is 4.39 Å². The molecule has 19 heavy (non-hydrogen) atoms. The van der Waals surface area contributed by atoms with Gasteiger partial charge in [-0.3, -0.25) is 9.78 Å². The Kier molecular flexibility index (Phi) is 3.19. The van der Waals surface area contributed by atoms with Gasteiger partial charge in [0, 0.05) is 12.1 Å². The molecule has 0 fully saturated rings. The van der Waals surface area contributed by atoms with Gasteiger partial charge in [0.2, 0.25) is 5.82 Å². The van der Waals surface area contributed by atoms with Crippen LogP contribution in [0.3, 0.4) is 0 Å². The summed E-state index contributed by atoms with van der Waals surface area (Å²) in [7, 11) is 0. The third-order valence-electron chi connectivity index (χ3n) is 2.23. The normalized spacial score (nSPS) is 10.8. The Balaban J connectivity index is 2.88. The number of halogens is 5. The topological polar surface area (TPSA) is 54.9 Å². The Labute approximate surface area is 106 Å². The second-order valence-electron chi connectivity index (χ2n) is 3.42. The molecule has 0 aliphatic rings. The lowest BCUT2D eigenvalue weighted by Crippen LogP contribution is -2.36. The van der Waals surface area contributed by atoms with Crippen LogP contribution in [-0.4, -0.2) is 9.55 Å². The minimum absolute atomic E-state index is 0.0287. The van der Waals surface area contributed by atoms with Crippen LogP contribution in [0.2, 0.25) is 5.15 Å². The Morgan fingerprint density at radius 3 is 2.21 bits per heavy atom. The van der Waals surface area contributed by atoms with Crippen molar-refractivity contribution in [1.29, 1.82) is 0 Å². The lowest BCUT2D eigenvalue weighted by molar-refractivity contribution is 0.490. The van der Waals surface area contributed by atoms with E-state index in [9.17, 15) is 27.2 Å². The molecule has 1 N–H and O–H groups in total. The van der Waals surface area contributed by atoms with Crippen LogP contribution in [0.25, 0.3) is 5.69 Å². The van der Waals surface area contributed by atoms with Crippen molar-refractivity contribution >= 4 is 11.6 Å². The number of aromatic nitrogens is 2. The van der Waals surface area contributed by atoms with Crippen molar-refractivity contribution in [2.75, 3.05) is 0 Å². The number of benzene rings is 1. The maximum Gasteiger partial charge on any atom is 0.334 e. The molecular weight excluding hydrogens is 292 g/mol. The van der Waals surface area contributed by atoms with Crippen molar-refractivity contribution < 1.29 is 17.6 Å². The van der Waals surface area contributed by atoms with E-state index < -0.39 is 45.4 Å². The van der Waals surface area contributed by atoms with Crippen molar-refractivity contribution in [2.45, 2.75) is 0 Å². The van der Waals surface area contributed by atoms with Crippen LogP contribution in [0.1, 0.15) is 0 Å². The van der Waals surface area contributed by atoms with Gasteiger partial charge in [-0.25, -0.2) is 22.5 Å². The largest absolute Gasteiger partial charge is 0.334 e. The summed E-state index contributed by atoms with van der Waals surface area (Å²) >= 11 is 5.20. The number of nitrogens with one attached hydrogen (secondary N) is 1. The molecule has 0 unspecified atom stereocenters. The Morgan fingerprint density at radius 1 is 1.00 bits per heavy atom. The van der Waals surface area contributed by atoms with E-state index in [-0.39, 0.29) is 16.7 Å². The first-order valence-corrected chi connectivity index (χ1v) is 5.06. The lowest BCUT2D eigenvalue weighted by Gasteiger charge is -2.07. The van der Waals surface area contributed by atoms with Gasteiger partial charge in [0.15, 0.2) is 22.6 Å². The molecule has 0 spiro atoms. The van der Waals surface area contributed by atoms with E-state index in [0.717, 1.165) is 0 Å². The van der Waals surface area contributed by atoms with Gasteiger partial charge < -0.3 is 0 Å². The summed E-state index contributed by atoms with van der Waals surface area (Å²) in [6, 6.07) is 0.387. The van der Waals surface area contributed by atoms with Gasteiger partial charge in [0.05, 0.1) is 5.69 Å². The van der Waals surface area contributed by atoms with Crippen molar-refractivity contribution in [3.8, 4) is 5.69 Å². The zero-order valence-corrected chi connectivity index (χ0v) is 9.56. The van der Waals surface area contributed by atoms with Crippen molar-refractivity contribution in [2.24, 2.45) is 0 Å². The molecule has 2 aromatic rings. The third kappa shape index (κ3) is 2.14. The summed E-state index contributed by atoms with van der Waals surface area (Å²) in [5.41, 5.74) is -3.80. The van der Waals surface area contributed by atoms with Gasteiger partial charge in [-0.15, -0.1) is 0 Å². The van der Waals surface area contributed by atoms with Gasteiger partial charge in [0.1, 0.15) is 0 Å². The van der Waals surface area contributed by atoms with Crippen LogP contribution < -0.4 is 11.2 Å². The first kappa shape index (κ1) is 13.3. The first-order valence-electron chi connectivity index (χ1n) is 4.68. The molecule has 1 aromatic heterocycles.